The lowest BCUT2D eigenvalue weighted by molar-refractivity contribution is 0.580. The molecule has 0 aliphatic carbocycles. The molecule has 6 heteroatoms. The van der Waals surface area contributed by atoms with E-state index in [1.54, 1.807) is 0 Å². The summed E-state index contributed by atoms with van der Waals surface area (Å²) in [5.41, 5.74) is 2.77. The van der Waals surface area contributed by atoms with Gasteiger partial charge in [0.05, 0.1) is 18.0 Å². The number of benzene rings is 1. The lowest BCUT2D eigenvalue weighted by atomic mass is 10.1. The van der Waals surface area contributed by atoms with Crippen molar-refractivity contribution in [3.05, 3.63) is 51.0 Å². The number of hydrogen-bond donors (Lipinski definition) is 1. The van der Waals surface area contributed by atoms with E-state index in [1.807, 2.05) is 45.0 Å². The number of nitrogens with one attached hydrogen (secondary N) is 1. The van der Waals surface area contributed by atoms with Crippen molar-refractivity contribution in [2.45, 2.75) is 33.1 Å². The Hall–Kier alpha value is -1.24. The molecular formula is C14H18N2O2S2. The molecule has 0 fully saturated rings. The molecule has 2 rings (SSSR count). The van der Waals surface area contributed by atoms with Gasteiger partial charge in [0.25, 0.3) is 0 Å². The van der Waals surface area contributed by atoms with Crippen molar-refractivity contribution in [3.63, 3.8) is 0 Å². The van der Waals surface area contributed by atoms with Crippen LogP contribution in [0.4, 0.5) is 0 Å². The van der Waals surface area contributed by atoms with Crippen LogP contribution in [0.15, 0.2) is 24.3 Å². The fourth-order valence-corrected chi connectivity index (χ4v) is 3.97. The lowest BCUT2D eigenvalue weighted by Gasteiger charge is -2.07. The van der Waals surface area contributed by atoms with Gasteiger partial charge in [0.2, 0.25) is 10.0 Å². The van der Waals surface area contributed by atoms with Crippen molar-refractivity contribution >= 4 is 21.4 Å². The fourth-order valence-electron chi connectivity index (χ4n) is 1.81. The second-order valence-corrected chi connectivity index (χ2v) is 7.85. The molecule has 0 radical (unpaired) electrons. The van der Waals surface area contributed by atoms with Crippen molar-refractivity contribution < 1.29 is 8.42 Å². The van der Waals surface area contributed by atoms with E-state index in [0.717, 1.165) is 26.7 Å². The monoisotopic (exact) mass is 310 g/mol. The standard InChI is InChI=1S/C14H18N2O2S2/c1-10-6-4-5-7-13(10)9-20(17,18)15-8-14-16-11(2)12(3)19-14/h4-7,15H,8-9H2,1-3H3. The van der Waals surface area contributed by atoms with E-state index in [4.69, 9.17) is 0 Å². The summed E-state index contributed by atoms with van der Waals surface area (Å²) in [6.45, 7) is 6.08. The summed E-state index contributed by atoms with van der Waals surface area (Å²) >= 11 is 1.53. The predicted molar refractivity (Wildman–Crippen MR) is 82.2 cm³/mol. The Bertz CT molecular complexity index is 686. The van der Waals surface area contributed by atoms with Gasteiger partial charge < -0.3 is 0 Å². The molecular weight excluding hydrogens is 292 g/mol. The van der Waals surface area contributed by atoms with Crippen molar-refractivity contribution in [2.24, 2.45) is 0 Å². The molecule has 1 aromatic carbocycles. The number of nitrogens with zero attached hydrogens (tertiary/aromatic N) is 1. The van der Waals surface area contributed by atoms with Crippen LogP contribution >= 0.6 is 11.3 Å². The average Bonchev–Trinajstić information content (AvgIpc) is 2.69. The molecule has 0 saturated carbocycles. The molecule has 108 valence electrons. The third-order valence-electron chi connectivity index (χ3n) is 3.12. The van der Waals surface area contributed by atoms with Gasteiger partial charge in [0.1, 0.15) is 5.01 Å². The van der Waals surface area contributed by atoms with E-state index in [1.165, 1.54) is 11.3 Å². The molecule has 0 spiro atoms. The average molecular weight is 310 g/mol. The number of rotatable bonds is 5. The first kappa shape index (κ1) is 15.2. The van der Waals surface area contributed by atoms with Gasteiger partial charge in [-0.15, -0.1) is 11.3 Å². The number of aromatic nitrogens is 1. The zero-order valence-corrected chi connectivity index (χ0v) is 13.4. The van der Waals surface area contributed by atoms with Crippen LogP contribution in [0.3, 0.4) is 0 Å². The number of hydrogen-bond acceptors (Lipinski definition) is 4. The molecule has 4 nitrogen and oxygen atoms in total. The molecule has 2 aromatic rings. The number of thiazole rings is 1. The summed E-state index contributed by atoms with van der Waals surface area (Å²) in [5, 5.41) is 0.799. The minimum Gasteiger partial charge on any atom is -0.245 e. The van der Waals surface area contributed by atoms with E-state index in [0.29, 0.717) is 0 Å². The SMILES string of the molecule is Cc1ccccc1CS(=O)(=O)NCc1nc(C)c(C)s1. The maximum atomic E-state index is 12.1. The van der Waals surface area contributed by atoms with Crippen LogP contribution in [0.5, 0.6) is 0 Å². The Balaban J connectivity index is 2.03. The van der Waals surface area contributed by atoms with Gasteiger partial charge in [-0.1, -0.05) is 24.3 Å². The molecule has 0 aliphatic rings. The highest BCUT2D eigenvalue weighted by Crippen LogP contribution is 2.17. The van der Waals surface area contributed by atoms with Gasteiger partial charge in [0.15, 0.2) is 0 Å². The summed E-state index contributed by atoms with van der Waals surface area (Å²) in [6.07, 6.45) is 0. The van der Waals surface area contributed by atoms with Crippen LogP contribution in [-0.4, -0.2) is 13.4 Å². The number of aryl methyl sites for hydroxylation is 3. The van der Waals surface area contributed by atoms with Crippen LogP contribution < -0.4 is 4.72 Å². The maximum absolute atomic E-state index is 12.1. The minimum absolute atomic E-state index is 0.00299. The Labute approximate surface area is 123 Å². The molecule has 20 heavy (non-hydrogen) atoms. The third kappa shape index (κ3) is 3.88. The van der Waals surface area contributed by atoms with Gasteiger partial charge in [-0.25, -0.2) is 18.1 Å². The van der Waals surface area contributed by atoms with Crippen LogP contribution in [0.2, 0.25) is 0 Å². The van der Waals surface area contributed by atoms with Crippen LogP contribution in [0.25, 0.3) is 0 Å². The highest BCUT2D eigenvalue weighted by molar-refractivity contribution is 7.88. The highest BCUT2D eigenvalue weighted by atomic mass is 32.2. The van der Waals surface area contributed by atoms with Gasteiger partial charge in [-0.2, -0.15) is 0 Å². The summed E-state index contributed by atoms with van der Waals surface area (Å²) in [6, 6.07) is 7.51. The zero-order valence-electron chi connectivity index (χ0n) is 11.8. The number of sulfonamides is 1. The Morgan fingerprint density at radius 3 is 2.50 bits per heavy atom. The van der Waals surface area contributed by atoms with Crippen molar-refractivity contribution in [3.8, 4) is 0 Å². The van der Waals surface area contributed by atoms with Crippen molar-refractivity contribution in [1.82, 2.24) is 9.71 Å². The topological polar surface area (TPSA) is 59.1 Å². The summed E-state index contributed by atoms with van der Waals surface area (Å²) < 4.78 is 26.8. The van der Waals surface area contributed by atoms with Crippen LogP contribution in [0.1, 0.15) is 26.7 Å². The molecule has 0 atom stereocenters. The van der Waals surface area contributed by atoms with Gasteiger partial charge in [0, 0.05) is 4.88 Å². The van der Waals surface area contributed by atoms with Crippen molar-refractivity contribution in [2.75, 3.05) is 0 Å². The van der Waals surface area contributed by atoms with E-state index in [-0.39, 0.29) is 12.3 Å². The molecule has 1 heterocycles. The zero-order chi connectivity index (χ0) is 14.8. The minimum atomic E-state index is -3.34. The Morgan fingerprint density at radius 1 is 1.20 bits per heavy atom. The largest absolute Gasteiger partial charge is 0.245 e. The van der Waals surface area contributed by atoms with Crippen molar-refractivity contribution in [1.29, 1.82) is 0 Å². The molecule has 1 aromatic heterocycles. The van der Waals surface area contributed by atoms with Gasteiger partial charge in [-0.05, 0) is 31.9 Å². The first-order chi connectivity index (χ1) is 9.37. The maximum Gasteiger partial charge on any atom is 0.216 e. The molecule has 0 amide bonds. The lowest BCUT2D eigenvalue weighted by Crippen LogP contribution is -2.25. The van der Waals surface area contributed by atoms with Crippen LogP contribution in [0, 0.1) is 20.8 Å². The normalized spacial score (nSPS) is 11.8. The van der Waals surface area contributed by atoms with E-state index in [9.17, 15) is 8.42 Å². The van der Waals surface area contributed by atoms with Gasteiger partial charge >= 0.3 is 0 Å². The smallest absolute Gasteiger partial charge is 0.216 e. The first-order valence-corrected chi connectivity index (χ1v) is 8.79. The summed E-state index contributed by atoms with van der Waals surface area (Å²) in [5.74, 6) is 0.00299. The highest BCUT2D eigenvalue weighted by Gasteiger charge is 2.14. The molecule has 1 N–H and O–H groups in total. The second kappa shape index (κ2) is 6.03. The van der Waals surface area contributed by atoms with E-state index < -0.39 is 10.0 Å². The summed E-state index contributed by atoms with van der Waals surface area (Å²) in [7, 11) is -3.34. The molecule has 0 saturated heterocycles. The van der Waals surface area contributed by atoms with E-state index in [2.05, 4.69) is 9.71 Å². The summed E-state index contributed by atoms with van der Waals surface area (Å²) in [4.78, 5) is 5.45. The third-order valence-corrected chi connectivity index (χ3v) is 5.47. The van der Waals surface area contributed by atoms with Crippen LogP contribution in [-0.2, 0) is 22.3 Å². The Morgan fingerprint density at radius 2 is 1.90 bits per heavy atom. The molecule has 0 aliphatic heterocycles. The fraction of sp³-hybridized carbons (Fsp3) is 0.357. The quantitative estimate of drug-likeness (QED) is 0.923. The predicted octanol–water partition coefficient (Wildman–Crippen LogP) is 2.69. The second-order valence-electron chi connectivity index (χ2n) is 4.76. The molecule has 0 unspecified atom stereocenters. The molecule has 0 bridgehead atoms. The first-order valence-electron chi connectivity index (χ1n) is 6.32. The Kier molecular flexibility index (Phi) is 4.57. The van der Waals surface area contributed by atoms with Gasteiger partial charge in [-0.3, -0.25) is 0 Å². The van der Waals surface area contributed by atoms with E-state index >= 15 is 0 Å².